The normalized spacial score (nSPS) is 18.6. The molecular weight excluding hydrogens is 425 g/mol. The van der Waals surface area contributed by atoms with Gasteiger partial charge in [0.15, 0.2) is 5.79 Å². The molecule has 31 heavy (non-hydrogen) atoms. The molecule has 0 radical (unpaired) electrons. The molecule has 3 heterocycles. The van der Waals surface area contributed by atoms with Crippen molar-refractivity contribution in [2.24, 2.45) is 0 Å². The number of benzene rings is 1. The van der Waals surface area contributed by atoms with E-state index in [0.717, 1.165) is 40.9 Å². The van der Waals surface area contributed by atoms with Crippen LogP contribution in [0.15, 0.2) is 41.7 Å². The van der Waals surface area contributed by atoms with Crippen LogP contribution in [0.2, 0.25) is 0 Å². The molecule has 9 heteroatoms. The maximum absolute atomic E-state index is 12.8. The molecule has 1 aromatic carbocycles. The van der Waals surface area contributed by atoms with Crippen molar-refractivity contribution in [3.05, 3.63) is 47.8 Å². The topological polar surface area (TPSA) is 84.6 Å². The van der Waals surface area contributed by atoms with Gasteiger partial charge in [-0.25, -0.2) is 0 Å². The number of ether oxygens (including phenoxy) is 3. The summed E-state index contributed by atoms with van der Waals surface area (Å²) in [5.41, 5.74) is 3.13. The molecule has 1 aliphatic rings. The Morgan fingerprint density at radius 1 is 1.29 bits per heavy atom. The van der Waals surface area contributed by atoms with Gasteiger partial charge in [-0.1, -0.05) is 24.3 Å². The van der Waals surface area contributed by atoms with Crippen LogP contribution in [-0.4, -0.2) is 39.3 Å². The molecule has 1 aliphatic heterocycles. The third-order valence-corrected chi connectivity index (χ3v) is 6.16. The minimum Gasteiger partial charge on any atom is -0.493 e. The van der Waals surface area contributed by atoms with E-state index >= 15 is 0 Å². The van der Waals surface area contributed by atoms with Crippen LogP contribution in [0.1, 0.15) is 37.9 Å². The fourth-order valence-corrected chi connectivity index (χ4v) is 4.50. The van der Waals surface area contributed by atoms with Gasteiger partial charge in [0, 0.05) is 16.9 Å². The van der Waals surface area contributed by atoms with Crippen molar-refractivity contribution in [3.8, 4) is 5.75 Å². The largest absolute Gasteiger partial charge is 1.00 e. The van der Waals surface area contributed by atoms with Crippen LogP contribution in [0.5, 0.6) is 5.75 Å². The molecule has 7 nitrogen and oxygen atoms in total. The van der Waals surface area contributed by atoms with E-state index < -0.39 is 16.6 Å². The van der Waals surface area contributed by atoms with Crippen LogP contribution < -0.4 is 39.3 Å². The summed E-state index contributed by atoms with van der Waals surface area (Å²) in [5, 5.41) is 0.338. The Morgan fingerprint density at radius 3 is 2.84 bits per heavy atom. The molecule has 0 saturated carbocycles. The van der Waals surface area contributed by atoms with E-state index in [0.29, 0.717) is 18.4 Å². The molecule has 0 spiro atoms. The van der Waals surface area contributed by atoms with Crippen LogP contribution in [-0.2, 0) is 26.0 Å². The first-order valence-electron chi connectivity index (χ1n) is 10.1. The molecule has 1 fully saturated rings. The van der Waals surface area contributed by atoms with E-state index in [9.17, 15) is 4.21 Å². The number of para-hydroxylation sites is 2. The summed E-state index contributed by atoms with van der Waals surface area (Å²) >= 11 is 0. The third kappa shape index (κ3) is 6.15. The first-order chi connectivity index (χ1) is 14.4. The predicted molar refractivity (Wildman–Crippen MR) is 114 cm³/mol. The summed E-state index contributed by atoms with van der Waals surface area (Å²) in [4.78, 5) is 13.2. The van der Waals surface area contributed by atoms with E-state index in [1.165, 1.54) is 0 Å². The van der Waals surface area contributed by atoms with Crippen LogP contribution >= 0.6 is 0 Å². The average Bonchev–Trinajstić information content (AvgIpc) is 3.30. The molecule has 1 saturated heterocycles. The third-order valence-electron chi connectivity index (χ3n) is 5.04. The molecule has 2 atom stereocenters. The zero-order valence-electron chi connectivity index (χ0n) is 18.5. The Morgan fingerprint density at radius 2 is 2.10 bits per heavy atom. The Hall–Kier alpha value is -1.29. The van der Waals surface area contributed by atoms with Crippen molar-refractivity contribution in [3.63, 3.8) is 0 Å². The first kappa shape index (κ1) is 24.4. The number of fused-ring (bicyclic) bond motifs is 1. The van der Waals surface area contributed by atoms with Gasteiger partial charge in [-0.15, -0.1) is 0 Å². The Bertz CT molecular complexity index is 1020. The van der Waals surface area contributed by atoms with Crippen LogP contribution in [0.25, 0.3) is 11.0 Å². The minimum atomic E-state index is -1.37. The maximum atomic E-state index is 12.8. The second-order valence-electron chi connectivity index (χ2n) is 7.81. The molecule has 160 valence electrons. The molecule has 0 N–H and O–H groups in total. The van der Waals surface area contributed by atoms with Crippen LogP contribution in [0.3, 0.4) is 0 Å². The van der Waals surface area contributed by atoms with Gasteiger partial charge < -0.3 is 24.2 Å². The zero-order valence-corrected chi connectivity index (χ0v) is 21.3. The Kier molecular flexibility index (Phi) is 8.29. The number of hydrogen-bond donors (Lipinski definition) is 0. The summed E-state index contributed by atoms with van der Waals surface area (Å²) in [6.07, 6.45) is 3.54. The second kappa shape index (κ2) is 10.6. The van der Waals surface area contributed by atoms with E-state index in [1.807, 2.05) is 51.1 Å². The molecular formula is C22H26N3NaO4S. The number of pyridine rings is 1. The quantitative estimate of drug-likeness (QED) is 0.365. The van der Waals surface area contributed by atoms with Crippen molar-refractivity contribution in [1.82, 2.24) is 15.0 Å². The smallest absolute Gasteiger partial charge is 0.493 e. The minimum absolute atomic E-state index is 0. The summed E-state index contributed by atoms with van der Waals surface area (Å²) < 4.78 is 30.1. The van der Waals surface area contributed by atoms with Gasteiger partial charge >= 0.3 is 29.6 Å². The molecule has 2 aromatic heterocycles. The monoisotopic (exact) mass is 451 g/mol. The van der Waals surface area contributed by atoms with Gasteiger partial charge in [-0.3, -0.25) is 9.19 Å². The number of imidazole rings is 1. The van der Waals surface area contributed by atoms with Gasteiger partial charge in [0.1, 0.15) is 5.75 Å². The molecule has 4 rings (SSSR count). The van der Waals surface area contributed by atoms with E-state index in [2.05, 4.69) is 15.0 Å². The van der Waals surface area contributed by atoms with E-state index in [4.69, 9.17) is 14.2 Å². The average molecular weight is 452 g/mol. The second-order valence-corrected chi connectivity index (χ2v) is 9.15. The van der Waals surface area contributed by atoms with Crippen LogP contribution in [0.4, 0.5) is 0 Å². The molecule has 0 aliphatic carbocycles. The molecule has 1 unspecified atom stereocenters. The summed E-state index contributed by atoms with van der Waals surface area (Å²) in [6, 6.07) is 9.36. The standard InChI is InChI=1S/C22H26N3O4S.Na/c1-15-19(14-30(26)21-24-17-8-4-5-9-18(17)25-21)23-11-10-20(15)27-12-6-7-16-13-28-22(2,3)29-16;/h4-5,8-11,16H,6-7,12-14H2,1-3H3;/q-1;+1/t16-,30?;/m1./s1. The van der Waals surface area contributed by atoms with Crippen molar-refractivity contribution in [2.75, 3.05) is 13.2 Å². The molecule has 0 amide bonds. The van der Waals surface area contributed by atoms with Crippen molar-refractivity contribution >= 4 is 21.8 Å². The fourth-order valence-electron chi connectivity index (χ4n) is 3.43. The van der Waals surface area contributed by atoms with Gasteiger partial charge in [0.05, 0.1) is 41.6 Å². The van der Waals surface area contributed by atoms with Crippen molar-refractivity contribution in [2.45, 2.75) is 56.4 Å². The van der Waals surface area contributed by atoms with Gasteiger partial charge in [-0.2, -0.15) is 0 Å². The van der Waals surface area contributed by atoms with Gasteiger partial charge in [0.25, 0.3) is 0 Å². The Labute approximate surface area is 207 Å². The van der Waals surface area contributed by atoms with E-state index in [1.54, 1.807) is 6.20 Å². The fraction of sp³-hybridized carbons (Fsp3) is 0.455. The van der Waals surface area contributed by atoms with Crippen molar-refractivity contribution in [1.29, 1.82) is 0 Å². The van der Waals surface area contributed by atoms with E-state index in [-0.39, 0.29) is 41.4 Å². The zero-order chi connectivity index (χ0) is 21.1. The first-order valence-corrected chi connectivity index (χ1v) is 11.4. The number of rotatable bonds is 8. The number of nitrogens with zero attached hydrogens (tertiary/aromatic N) is 3. The van der Waals surface area contributed by atoms with Gasteiger partial charge in [-0.05, 0) is 50.7 Å². The summed E-state index contributed by atoms with van der Waals surface area (Å²) in [7, 11) is -1.37. The maximum Gasteiger partial charge on any atom is 1.00 e. The number of hydrogen-bond acceptors (Lipinski definition) is 6. The predicted octanol–water partition coefficient (Wildman–Crippen LogP) is 0.518. The Balaban J connectivity index is 0.00000272. The van der Waals surface area contributed by atoms with Gasteiger partial charge in [0.2, 0.25) is 0 Å². The summed E-state index contributed by atoms with van der Waals surface area (Å²) in [5.74, 6) is 0.519. The SMILES string of the molecule is Cc1c(OCCC[C@@H]2COC(C)(C)O2)ccnc1CS(=O)c1nc2ccccc2[n-]1.[Na+]. The molecule has 3 aromatic rings. The van der Waals surface area contributed by atoms with Crippen molar-refractivity contribution < 1.29 is 48.0 Å². The number of aromatic nitrogens is 3. The summed E-state index contributed by atoms with van der Waals surface area (Å²) in [6.45, 7) is 6.99. The van der Waals surface area contributed by atoms with Crippen LogP contribution in [0, 0.1) is 6.92 Å². The molecule has 0 bridgehead atoms.